The Morgan fingerprint density at radius 3 is 2.33 bits per heavy atom. The number of rotatable bonds is 2. The zero-order valence-electron chi connectivity index (χ0n) is 8.60. The van der Waals surface area contributed by atoms with Gasteiger partial charge in [-0.15, -0.1) is 0 Å². The largest absolute Gasteiger partial charge is 0.469 e. The minimum absolute atomic E-state index is 0.0388. The maximum atomic E-state index is 13.0. The smallest absolute Gasteiger partial charge is 0.313 e. The summed E-state index contributed by atoms with van der Waals surface area (Å²) in [5, 5.41) is 0. The third-order valence-electron chi connectivity index (χ3n) is 2.42. The zero-order chi connectivity index (χ0) is 11.4. The van der Waals surface area contributed by atoms with Crippen LogP contribution in [0.2, 0.25) is 0 Å². The topological polar surface area (TPSA) is 52.6 Å². The Morgan fingerprint density at radius 1 is 1.20 bits per heavy atom. The van der Waals surface area contributed by atoms with E-state index >= 15 is 0 Å². The van der Waals surface area contributed by atoms with Crippen LogP contribution in [0.1, 0.15) is 6.42 Å². The van der Waals surface area contributed by atoms with Crippen LogP contribution >= 0.6 is 0 Å². The molecule has 4 nitrogen and oxygen atoms in total. The van der Waals surface area contributed by atoms with Gasteiger partial charge in [-0.05, 0) is 6.42 Å². The minimum atomic E-state index is -1.21. The molecule has 1 rings (SSSR count). The van der Waals surface area contributed by atoms with E-state index in [2.05, 4.69) is 9.47 Å². The average molecular weight is 216 g/mol. The first-order valence-corrected chi connectivity index (χ1v) is 4.58. The van der Waals surface area contributed by atoms with Gasteiger partial charge >= 0.3 is 11.9 Å². The molecule has 5 heteroatoms. The van der Waals surface area contributed by atoms with Gasteiger partial charge in [-0.2, -0.15) is 0 Å². The number of methoxy groups -OCH3 is 2. The number of allylic oxidation sites excluding steroid dienone is 1. The van der Waals surface area contributed by atoms with E-state index in [0.29, 0.717) is 0 Å². The van der Waals surface area contributed by atoms with Gasteiger partial charge in [-0.3, -0.25) is 9.59 Å². The van der Waals surface area contributed by atoms with Crippen molar-refractivity contribution in [2.24, 2.45) is 11.8 Å². The highest BCUT2D eigenvalue weighted by atomic mass is 19.1. The SMILES string of the molecule is COC(=O)[C@H]1C[C@H](F)C=C[C@H]1C(=O)OC. The number of hydrogen-bond acceptors (Lipinski definition) is 4. The monoisotopic (exact) mass is 216 g/mol. The van der Waals surface area contributed by atoms with E-state index in [4.69, 9.17) is 0 Å². The molecule has 1 aliphatic carbocycles. The molecule has 15 heavy (non-hydrogen) atoms. The van der Waals surface area contributed by atoms with E-state index in [1.165, 1.54) is 26.4 Å². The van der Waals surface area contributed by atoms with E-state index in [1.54, 1.807) is 0 Å². The lowest BCUT2D eigenvalue weighted by Gasteiger charge is -2.24. The number of alkyl halides is 1. The summed E-state index contributed by atoms with van der Waals surface area (Å²) in [4.78, 5) is 22.6. The molecule has 0 saturated heterocycles. The second kappa shape index (κ2) is 4.91. The molecule has 0 fully saturated rings. The van der Waals surface area contributed by atoms with Crippen molar-refractivity contribution in [2.75, 3.05) is 14.2 Å². The normalized spacial score (nSPS) is 29.7. The molecule has 0 saturated carbocycles. The molecule has 0 aromatic carbocycles. The highest BCUT2D eigenvalue weighted by molar-refractivity contribution is 5.83. The van der Waals surface area contributed by atoms with Gasteiger partial charge in [0.15, 0.2) is 0 Å². The quantitative estimate of drug-likeness (QED) is 0.507. The fraction of sp³-hybridized carbons (Fsp3) is 0.600. The van der Waals surface area contributed by atoms with Crippen molar-refractivity contribution in [3.8, 4) is 0 Å². The fourth-order valence-corrected chi connectivity index (χ4v) is 1.62. The van der Waals surface area contributed by atoms with Gasteiger partial charge in [-0.25, -0.2) is 4.39 Å². The van der Waals surface area contributed by atoms with Gasteiger partial charge in [0.25, 0.3) is 0 Å². The lowest BCUT2D eigenvalue weighted by atomic mass is 9.83. The van der Waals surface area contributed by atoms with Crippen LogP contribution in [0.3, 0.4) is 0 Å². The maximum Gasteiger partial charge on any atom is 0.313 e. The second-order valence-electron chi connectivity index (χ2n) is 3.32. The van der Waals surface area contributed by atoms with Gasteiger partial charge in [-0.1, -0.05) is 12.2 Å². The summed E-state index contributed by atoms with van der Waals surface area (Å²) in [6.07, 6.45) is 1.38. The highest BCUT2D eigenvalue weighted by Crippen LogP contribution is 2.28. The summed E-state index contributed by atoms with van der Waals surface area (Å²) in [5.74, 6) is -2.66. The lowest BCUT2D eigenvalue weighted by Crippen LogP contribution is -2.34. The summed E-state index contributed by atoms with van der Waals surface area (Å²) in [6.45, 7) is 0. The Kier molecular flexibility index (Phi) is 3.82. The molecule has 84 valence electrons. The molecule has 0 radical (unpaired) electrons. The van der Waals surface area contributed by atoms with Crippen LogP contribution in [-0.4, -0.2) is 32.3 Å². The predicted octanol–water partition coefficient (Wildman–Crippen LogP) is 0.863. The van der Waals surface area contributed by atoms with Gasteiger partial charge in [0.2, 0.25) is 0 Å². The van der Waals surface area contributed by atoms with Gasteiger partial charge in [0.05, 0.1) is 26.1 Å². The standard InChI is InChI=1S/C10H13FO4/c1-14-9(12)7-4-3-6(11)5-8(7)10(13)15-2/h3-4,6-8H,5H2,1-2H3/t6-,7-,8+/m1/s1. The molecule has 3 atom stereocenters. The van der Waals surface area contributed by atoms with Gasteiger partial charge in [0, 0.05) is 0 Å². The molecular weight excluding hydrogens is 203 g/mol. The van der Waals surface area contributed by atoms with Crippen LogP contribution < -0.4 is 0 Å². The summed E-state index contributed by atoms with van der Waals surface area (Å²) in [5.41, 5.74) is 0. The molecule has 0 aromatic heterocycles. The van der Waals surface area contributed by atoms with Crippen LogP contribution in [0, 0.1) is 11.8 Å². The first-order valence-electron chi connectivity index (χ1n) is 4.58. The summed E-state index contributed by atoms with van der Waals surface area (Å²) < 4.78 is 22.1. The predicted molar refractivity (Wildman–Crippen MR) is 49.7 cm³/mol. The highest BCUT2D eigenvalue weighted by Gasteiger charge is 2.37. The summed E-state index contributed by atoms with van der Waals surface area (Å²) in [6, 6.07) is 0. The summed E-state index contributed by atoms with van der Waals surface area (Å²) >= 11 is 0. The van der Waals surface area contributed by atoms with Crippen molar-refractivity contribution in [1.29, 1.82) is 0 Å². The summed E-state index contributed by atoms with van der Waals surface area (Å²) in [7, 11) is 2.44. The molecule has 0 spiro atoms. The Morgan fingerprint density at radius 2 is 1.80 bits per heavy atom. The molecule has 0 N–H and O–H groups in total. The minimum Gasteiger partial charge on any atom is -0.469 e. The number of ether oxygens (including phenoxy) is 2. The molecule has 0 amide bonds. The molecule has 0 bridgehead atoms. The second-order valence-corrected chi connectivity index (χ2v) is 3.32. The van der Waals surface area contributed by atoms with E-state index in [-0.39, 0.29) is 6.42 Å². The first-order chi connectivity index (χ1) is 7.10. The third kappa shape index (κ3) is 2.55. The molecule has 0 aliphatic heterocycles. The van der Waals surface area contributed by atoms with Crippen LogP contribution in [0.15, 0.2) is 12.2 Å². The molecule has 0 aromatic rings. The van der Waals surface area contributed by atoms with E-state index < -0.39 is 29.9 Å². The van der Waals surface area contributed by atoms with Gasteiger partial charge in [0.1, 0.15) is 6.17 Å². The van der Waals surface area contributed by atoms with Gasteiger partial charge < -0.3 is 9.47 Å². The van der Waals surface area contributed by atoms with Crippen LogP contribution in [-0.2, 0) is 19.1 Å². The van der Waals surface area contributed by atoms with Crippen molar-refractivity contribution < 1.29 is 23.5 Å². The van der Waals surface area contributed by atoms with Crippen LogP contribution in [0.5, 0.6) is 0 Å². The number of carbonyl (C=O) groups is 2. The van der Waals surface area contributed by atoms with Crippen LogP contribution in [0.25, 0.3) is 0 Å². The van der Waals surface area contributed by atoms with Crippen molar-refractivity contribution in [2.45, 2.75) is 12.6 Å². The first kappa shape index (κ1) is 11.7. The van der Waals surface area contributed by atoms with Crippen molar-refractivity contribution in [3.05, 3.63) is 12.2 Å². The molecule has 0 heterocycles. The Labute approximate surface area is 87.0 Å². The van der Waals surface area contributed by atoms with E-state index in [9.17, 15) is 14.0 Å². The van der Waals surface area contributed by atoms with Crippen LogP contribution in [0.4, 0.5) is 4.39 Å². The zero-order valence-corrected chi connectivity index (χ0v) is 8.60. The number of carbonyl (C=O) groups excluding carboxylic acids is 2. The number of hydrogen-bond donors (Lipinski definition) is 0. The third-order valence-corrected chi connectivity index (χ3v) is 2.42. The average Bonchev–Trinajstić information content (AvgIpc) is 2.26. The fourth-order valence-electron chi connectivity index (χ4n) is 1.62. The number of halogens is 1. The van der Waals surface area contributed by atoms with Crippen molar-refractivity contribution in [3.63, 3.8) is 0 Å². The number of esters is 2. The van der Waals surface area contributed by atoms with Crippen molar-refractivity contribution in [1.82, 2.24) is 0 Å². The Hall–Kier alpha value is -1.39. The maximum absolute atomic E-state index is 13.0. The molecule has 1 aliphatic rings. The van der Waals surface area contributed by atoms with E-state index in [0.717, 1.165) is 0 Å². The lowest BCUT2D eigenvalue weighted by molar-refractivity contribution is -0.156. The Balaban J connectivity index is 2.85. The molecular formula is C10H13FO4. The Bertz CT molecular complexity index is 287. The van der Waals surface area contributed by atoms with Crippen molar-refractivity contribution >= 4 is 11.9 Å². The van der Waals surface area contributed by atoms with E-state index in [1.807, 2.05) is 0 Å². The molecule has 0 unspecified atom stereocenters.